The number of carboxylic acids is 1. The molecule has 1 amide bonds. The molecule has 0 unspecified atom stereocenters. The molecule has 2 aromatic rings. The van der Waals surface area contributed by atoms with Crippen LogP contribution >= 0.6 is 11.3 Å². The van der Waals surface area contributed by atoms with Gasteiger partial charge in [-0.25, -0.2) is 9.78 Å². The third-order valence-electron chi connectivity index (χ3n) is 2.11. The van der Waals surface area contributed by atoms with Gasteiger partial charge in [0.1, 0.15) is 0 Å². The number of hydrogen-bond donors (Lipinski definition) is 2. The number of hydrogen-bond acceptors (Lipinski definition) is 4. The number of halogens is 3. The molecule has 0 fully saturated rings. The summed E-state index contributed by atoms with van der Waals surface area (Å²) in [5.41, 5.74) is 0.175. The fraction of sp³-hybridized carbons (Fsp3) is 0.100. The van der Waals surface area contributed by atoms with Gasteiger partial charge in [-0.3, -0.25) is 10.1 Å². The molecule has 9 heteroatoms. The van der Waals surface area contributed by atoms with Crippen LogP contribution < -0.4 is 5.32 Å². The number of rotatable bonds is 2. The van der Waals surface area contributed by atoms with Crippen LogP contribution in [0.1, 0.15) is 10.4 Å². The predicted octanol–water partition coefficient (Wildman–Crippen LogP) is 2.50. The van der Waals surface area contributed by atoms with Gasteiger partial charge in [0.25, 0.3) is 0 Å². The Balaban J connectivity index is 2.32. The van der Waals surface area contributed by atoms with Crippen LogP contribution in [0.4, 0.5) is 18.3 Å². The van der Waals surface area contributed by atoms with Crippen molar-refractivity contribution in [1.82, 2.24) is 4.98 Å². The first-order valence-corrected chi connectivity index (χ1v) is 5.61. The molecule has 0 aliphatic carbocycles. The molecule has 0 aliphatic heterocycles. The molecule has 2 rings (SSSR count). The lowest BCUT2D eigenvalue weighted by Crippen LogP contribution is -2.29. The summed E-state index contributed by atoms with van der Waals surface area (Å²) in [7, 11) is 0. The molecule has 1 aromatic carbocycles. The van der Waals surface area contributed by atoms with E-state index in [9.17, 15) is 22.8 Å². The zero-order valence-corrected chi connectivity index (χ0v) is 9.80. The second-order valence-electron chi connectivity index (χ2n) is 3.46. The molecule has 1 aromatic heterocycles. The maximum absolute atomic E-state index is 12.0. The summed E-state index contributed by atoms with van der Waals surface area (Å²) in [5, 5.41) is 10.1. The van der Waals surface area contributed by atoms with Gasteiger partial charge in [-0.1, -0.05) is 11.3 Å². The number of thiazole rings is 1. The highest BCUT2D eigenvalue weighted by atomic mass is 32.1. The quantitative estimate of drug-likeness (QED) is 0.890. The average molecular weight is 290 g/mol. The van der Waals surface area contributed by atoms with Gasteiger partial charge in [0.15, 0.2) is 5.13 Å². The van der Waals surface area contributed by atoms with Gasteiger partial charge in [0, 0.05) is 0 Å². The molecule has 0 aliphatic rings. The third kappa shape index (κ3) is 2.81. The smallest absolute Gasteiger partial charge is 0.471 e. The number of carbonyl (C=O) groups excluding carboxylic acids is 1. The lowest BCUT2D eigenvalue weighted by atomic mass is 10.2. The van der Waals surface area contributed by atoms with Crippen molar-refractivity contribution < 1.29 is 27.9 Å². The minimum atomic E-state index is -5.00. The average Bonchev–Trinajstić information content (AvgIpc) is 2.68. The number of benzene rings is 1. The summed E-state index contributed by atoms with van der Waals surface area (Å²) < 4.78 is 36.6. The lowest BCUT2D eigenvalue weighted by Gasteiger charge is -2.03. The van der Waals surface area contributed by atoms with Gasteiger partial charge < -0.3 is 5.11 Å². The molecule has 1 heterocycles. The molecule has 0 bridgehead atoms. The number of nitrogens with zero attached hydrogens (tertiary/aromatic N) is 1. The Morgan fingerprint density at radius 2 is 2.00 bits per heavy atom. The van der Waals surface area contributed by atoms with Crippen molar-refractivity contribution in [2.45, 2.75) is 6.18 Å². The number of carboxylic acid groups (broad SMARTS) is 1. The topological polar surface area (TPSA) is 79.3 Å². The first-order chi connectivity index (χ1) is 8.77. The lowest BCUT2D eigenvalue weighted by molar-refractivity contribution is -0.167. The molecular weight excluding hydrogens is 285 g/mol. The summed E-state index contributed by atoms with van der Waals surface area (Å²) in [5.74, 6) is -3.29. The molecule has 0 radical (unpaired) electrons. The first kappa shape index (κ1) is 13.3. The molecule has 0 atom stereocenters. The Morgan fingerprint density at radius 1 is 1.32 bits per heavy atom. The standard InChI is InChI=1S/C10H5F3N2O3S/c11-10(12,13)8(18)15-9-14-5-3-4(7(16)17)1-2-6(5)19-9/h1-3H,(H,16,17)(H,14,15,18). The first-order valence-electron chi connectivity index (χ1n) is 4.79. The number of nitrogens with one attached hydrogen (secondary N) is 1. The number of anilines is 1. The Morgan fingerprint density at radius 3 is 2.58 bits per heavy atom. The van der Waals surface area contributed by atoms with Crippen molar-refractivity contribution in [3.05, 3.63) is 23.8 Å². The van der Waals surface area contributed by atoms with E-state index < -0.39 is 18.1 Å². The molecular formula is C10H5F3N2O3S. The van der Waals surface area contributed by atoms with Crippen molar-refractivity contribution in [1.29, 1.82) is 0 Å². The number of aromatic nitrogens is 1. The minimum absolute atomic E-state index is 0.0357. The Kier molecular flexibility index (Phi) is 3.14. The summed E-state index contributed by atoms with van der Waals surface area (Å²) in [6.45, 7) is 0. The zero-order chi connectivity index (χ0) is 14.2. The maximum Gasteiger partial charge on any atom is 0.471 e. The number of alkyl halides is 3. The highest BCUT2D eigenvalue weighted by Crippen LogP contribution is 2.28. The Bertz CT molecular complexity index is 666. The fourth-order valence-electron chi connectivity index (χ4n) is 1.28. The SMILES string of the molecule is O=C(O)c1ccc2sc(NC(=O)C(F)(F)F)nc2c1. The molecule has 0 spiro atoms. The Hall–Kier alpha value is -2.16. The molecule has 5 nitrogen and oxygen atoms in total. The van der Waals surface area contributed by atoms with E-state index >= 15 is 0 Å². The van der Waals surface area contributed by atoms with Gasteiger partial charge in [0.2, 0.25) is 0 Å². The van der Waals surface area contributed by atoms with Crippen LogP contribution in [0, 0.1) is 0 Å². The van der Waals surface area contributed by atoms with Crippen molar-refractivity contribution in [3.8, 4) is 0 Å². The normalized spacial score (nSPS) is 11.5. The van der Waals surface area contributed by atoms with Crippen LogP contribution in [0.15, 0.2) is 18.2 Å². The van der Waals surface area contributed by atoms with Gasteiger partial charge in [0.05, 0.1) is 15.8 Å². The van der Waals surface area contributed by atoms with Gasteiger partial charge in [-0.05, 0) is 18.2 Å². The third-order valence-corrected chi connectivity index (χ3v) is 3.06. The van der Waals surface area contributed by atoms with Crippen LogP contribution in [-0.2, 0) is 4.79 Å². The van der Waals surface area contributed by atoms with E-state index in [1.165, 1.54) is 18.2 Å². The molecule has 0 saturated carbocycles. The van der Waals surface area contributed by atoms with E-state index in [-0.39, 0.29) is 16.2 Å². The summed E-state index contributed by atoms with van der Waals surface area (Å²) in [4.78, 5) is 25.2. The number of fused-ring (bicyclic) bond motifs is 1. The van der Waals surface area contributed by atoms with E-state index in [0.717, 1.165) is 11.3 Å². The second kappa shape index (κ2) is 4.50. The Labute approximate surface area is 107 Å². The second-order valence-corrected chi connectivity index (χ2v) is 4.49. The summed E-state index contributed by atoms with van der Waals surface area (Å²) in [6, 6.07) is 3.94. The van der Waals surface area contributed by atoms with Crippen molar-refractivity contribution in [3.63, 3.8) is 0 Å². The van der Waals surface area contributed by atoms with Gasteiger partial charge in [-0.2, -0.15) is 13.2 Å². The van der Waals surface area contributed by atoms with Crippen LogP contribution in [0.5, 0.6) is 0 Å². The van der Waals surface area contributed by atoms with Crippen LogP contribution in [0.3, 0.4) is 0 Å². The van der Waals surface area contributed by atoms with Gasteiger partial charge in [-0.15, -0.1) is 0 Å². The van der Waals surface area contributed by atoms with E-state index in [1.807, 2.05) is 0 Å². The largest absolute Gasteiger partial charge is 0.478 e. The van der Waals surface area contributed by atoms with Crippen LogP contribution in [0.2, 0.25) is 0 Å². The zero-order valence-electron chi connectivity index (χ0n) is 8.99. The van der Waals surface area contributed by atoms with Crippen molar-refractivity contribution in [2.24, 2.45) is 0 Å². The summed E-state index contributed by atoms with van der Waals surface area (Å²) in [6.07, 6.45) is -5.00. The number of amides is 1. The minimum Gasteiger partial charge on any atom is -0.478 e. The maximum atomic E-state index is 12.0. The van der Waals surface area contributed by atoms with Crippen molar-refractivity contribution >= 4 is 38.6 Å². The molecule has 19 heavy (non-hydrogen) atoms. The monoisotopic (exact) mass is 290 g/mol. The number of carbonyl (C=O) groups is 2. The molecule has 100 valence electrons. The molecule has 2 N–H and O–H groups in total. The molecule has 0 saturated heterocycles. The van der Waals surface area contributed by atoms with E-state index in [0.29, 0.717) is 4.70 Å². The number of aromatic carboxylic acids is 1. The summed E-state index contributed by atoms with van der Waals surface area (Å²) >= 11 is 0.826. The predicted molar refractivity (Wildman–Crippen MR) is 61.3 cm³/mol. The highest BCUT2D eigenvalue weighted by Gasteiger charge is 2.39. The fourth-order valence-corrected chi connectivity index (χ4v) is 2.12. The van der Waals surface area contributed by atoms with Crippen LogP contribution in [0.25, 0.3) is 10.2 Å². The van der Waals surface area contributed by atoms with Crippen LogP contribution in [-0.4, -0.2) is 28.1 Å². The van der Waals surface area contributed by atoms with Gasteiger partial charge >= 0.3 is 18.1 Å². The van der Waals surface area contributed by atoms with E-state index in [4.69, 9.17) is 5.11 Å². The highest BCUT2D eigenvalue weighted by molar-refractivity contribution is 7.22. The van der Waals surface area contributed by atoms with E-state index in [2.05, 4.69) is 4.98 Å². The van der Waals surface area contributed by atoms with E-state index in [1.54, 1.807) is 5.32 Å². The van der Waals surface area contributed by atoms with Crippen molar-refractivity contribution in [2.75, 3.05) is 5.32 Å².